The van der Waals surface area contributed by atoms with E-state index in [9.17, 15) is 14.4 Å². The van der Waals surface area contributed by atoms with E-state index in [-0.39, 0.29) is 24.4 Å². The Balaban J connectivity index is 1.46. The lowest BCUT2D eigenvalue weighted by Crippen LogP contribution is -2.55. The maximum Gasteiger partial charge on any atom is 0.407 e. The molecule has 0 spiro atoms. The molecule has 1 fully saturated rings. The lowest BCUT2D eigenvalue weighted by atomic mass is 10.1. The zero-order valence-corrected chi connectivity index (χ0v) is 17.9. The summed E-state index contributed by atoms with van der Waals surface area (Å²) >= 11 is 5.85. The minimum atomic E-state index is -0.958. The molecule has 0 bridgehead atoms. The Hall–Kier alpha value is -3.26. The van der Waals surface area contributed by atoms with Gasteiger partial charge in [0.15, 0.2) is 0 Å². The molecule has 4 amide bonds. The van der Waals surface area contributed by atoms with Gasteiger partial charge in [0, 0.05) is 42.9 Å². The van der Waals surface area contributed by atoms with Crippen molar-refractivity contribution in [3.05, 3.63) is 64.7 Å². The van der Waals surface area contributed by atoms with Crippen molar-refractivity contribution in [1.29, 1.82) is 0 Å². The Labute approximate surface area is 185 Å². The topological polar surface area (TPSA) is 102 Å². The molecule has 0 unspecified atom stereocenters. The van der Waals surface area contributed by atoms with Gasteiger partial charge in [-0.1, -0.05) is 35.9 Å². The van der Waals surface area contributed by atoms with Crippen LogP contribution in [0.15, 0.2) is 48.5 Å². The van der Waals surface area contributed by atoms with Crippen LogP contribution in [0.25, 0.3) is 0 Å². The van der Waals surface area contributed by atoms with Crippen molar-refractivity contribution in [2.45, 2.75) is 25.9 Å². The second-order valence-corrected chi connectivity index (χ2v) is 7.91. The van der Waals surface area contributed by atoms with E-state index in [4.69, 9.17) is 16.7 Å². The Morgan fingerprint density at radius 2 is 1.68 bits per heavy atom. The van der Waals surface area contributed by atoms with Crippen molar-refractivity contribution in [1.82, 2.24) is 15.1 Å². The molecule has 1 aliphatic heterocycles. The fourth-order valence-corrected chi connectivity index (χ4v) is 3.55. The summed E-state index contributed by atoms with van der Waals surface area (Å²) in [6, 6.07) is 13.7. The summed E-state index contributed by atoms with van der Waals surface area (Å²) in [5.74, 6) is -0.0432. The standard InChI is InChI=1S/C22H25ClN4O4/c1-15-14-26(10-11-27(15)22(30)31)20(28)12-16-4-8-19(9-5-16)25-21(29)24-13-17-2-6-18(23)7-3-17/h2-9,15H,10-14H2,1H3,(H,30,31)(H2,24,25,29)/t15-/m1/s1. The molecule has 0 radical (unpaired) electrons. The van der Waals surface area contributed by atoms with Crippen LogP contribution >= 0.6 is 11.6 Å². The van der Waals surface area contributed by atoms with Gasteiger partial charge >= 0.3 is 12.1 Å². The molecule has 8 nitrogen and oxygen atoms in total. The zero-order chi connectivity index (χ0) is 22.4. The molecule has 3 N–H and O–H groups in total. The normalized spacial score (nSPS) is 16.0. The van der Waals surface area contributed by atoms with Crippen LogP contribution < -0.4 is 10.6 Å². The minimum Gasteiger partial charge on any atom is -0.465 e. The maximum absolute atomic E-state index is 12.6. The maximum atomic E-state index is 12.6. The molecular formula is C22H25ClN4O4. The molecule has 2 aromatic rings. The molecular weight excluding hydrogens is 420 g/mol. The van der Waals surface area contributed by atoms with E-state index >= 15 is 0 Å². The highest BCUT2D eigenvalue weighted by Crippen LogP contribution is 2.14. The average Bonchev–Trinajstić information content (AvgIpc) is 2.74. The summed E-state index contributed by atoms with van der Waals surface area (Å²) in [5.41, 5.74) is 2.38. The van der Waals surface area contributed by atoms with Gasteiger partial charge in [-0.05, 0) is 42.3 Å². The van der Waals surface area contributed by atoms with Crippen LogP contribution in [0.4, 0.5) is 15.3 Å². The smallest absolute Gasteiger partial charge is 0.407 e. The number of carbonyl (C=O) groups excluding carboxylic acids is 2. The van der Waals surface area contributed by atoms with Gasteiger partial charge in [0.1, 0.15) is 0 Å². The molecule has 1 saturated heterocycles. The second kappa shape index (κ2) is 10.2. The molecule has 2 aromatic carbocycles. The molecule has 3 rings (SSSR count). The number of rotatable bonds is 5. The molecule has 1 atom stereocenters. The first-order valence-corrected chi connectivity index (χ1v) is 10.3. The number of halogens is 1. The Morgan fingerprint density at radius 1 is 1.03 bits per heavy atom. The zero-order valence-electron chi connectivity index (χ0n) is 17.2. The molecule has 164 valence electrons. The summed E-state index contributed by atoms with van der Waals surface area (Å²) in [6.45, 7) is 3.27. The van der Waals surface area contributed by atoms with Crippen molar-refractivity contribution in [2.24, 2.45) is 0 Å². The van der Waals surface area contributed by atoms with E-state index in [1.54, 1.807) is 48.2 Å². The fourth-order valence-electron chi connectivity index (χ4n) is 3.42. The number of amides is 4. The lowest BCUT2D eigenvalue weighted by Gasteiger charge is -2.38. The first-order valence-electron chi connectivity index (χ1n) is 9.97. The fraction of sp³-hybridized carbons (Fsp3) is 0.318. The van der Waals surface area contributed by atoms with E-state index in [0.717, 1.165) is 11.1 Å². The Kier molecular flexibility index (Phi) is 7.36. The van der Waals surface area contributed by atoms with Crippen LogP contribution in [0.3, 0.4) is 0 Å². The summed E-state index contributed by atoms with van der Waals surface area (Å²) < 4.78 is 0. The first-order chi connectivity index (χ1) is 14.8. The van der Waals surface area contributed by atoms with Crippen molar-refractivity contribution >= 4 is 35.3 Å². The van der Waals surface area contributed by atoms with Crippen molar-refractivity contribution in [2.75, 3.05) is 25.0 Å². The Bertz CT molecular complexity index is 934. The number of anilines is 1. The first kappa shape index (κ1) is 22.4. The summed E-state index contributed by atoms with van der Waals surface area (Å²) in [5, 5.41) is 15.3. The number of benzene rings is 2. The molecule has 31 heavy (non-hydrogen) atoms. The summed E-state index contributed by atoms with van der Waals surface area (Å²) in [4.78, 5) is 38.8. The third kappa shape index (κ3) is 6.36. The van der Waals surface area contributed by atoms with Crippen molar-refractivity contribution in [3.63, 3.8) is 0 Å². The largest absolute Gasteiger partial charge is 0.465 e. The third-order valence-corrected chi connectivity index (χ3v) is 5.41. The molecule has 1 heterocycles. The van der Waals surface area contributed by atoms with Crippen molar-refractivity contribution in [3.8, 4) is 0 Å². The van der Waals surface area contributed by atoms with Gasteiger partial charge in [-0.25, -0.2) is 9.59 Å². The number of carbonyl (C=O) groups is 3. The number of hydrogen-bond donors (Lipinski definition) is 3. The predicted octanol–water partition coefficient (Wildman–Crippen LogP) is 3.41. The highest BCUT2D eigenvalue weighted by atomic mass is 35.5. The van der Waals surface area contributed by atoms with E-state index in [1.807, 2.05) is 12.1 Å². The highest BCUT2D eigenvalue weighted by molar-refractivity contribution is 6.30. The van der Waals surface area contributed by atoms with E-state index in [2.05, 4.69) is 10.6 Å². The number of carboxylic acid groups (broad SMARTS) is 1. The summed E-state index contributed by atoms with van der Waals surface area (Å²) in [7, 11) is 0. The van der Waals surface area contributed by atoms with E-state index < -0.39 is 6.09 Å². The second-order valence-electron chi connectivity index (χ2n) is 7.47. The average molecular weight is 445 g/mol. The minimum absolute atomic E-state index is 0.0432. The van der Waals surface area contributed by atoms with Crippen LogP contribution in [0, 0.1) is 0 Å². The monoisotopic (exact) mass is 444 g/mol. The molecule has 9 heteroatoms. The van der Waals surface area contributed by atoms with Gasteiger partial charge in [0.25, 0.3) is 0 Å². The Morgan fingerprint density at radius 3 is 2.29 bits per heavy atom. The van der Waals surface area contributed by atoms with Crippen LogP contribution in [0.5, 0.6) is 0 Å². The van der Waals surface area contributed by atoms with Crippen LogP contribution in [-0.2, 0) is 17.8 Å². The number of nitrogens with one attached hydrogen (secondary N) is 2. The van der Waals surface area contributed by atoms with Crippen LogP contribution in [-0.4, -0.2) is 58.6 Å². The predicted molar refractivity (Wildman–Crippen MR) is 118 cm³/mol. The number of hydrogen-bond acceptors (Lipinski definition) is 3. The van der Waals surface area contributed by atoms with Gasteiger partial charge in [0.2, 0.25) is 5.91 Å². The van der Waals surface area contributed by atoms with Gasteiger partial charge < -0.3 is 25.5 Å². The SMILES string of the molecule is C[C@@H]1CN(C(=O)Cc2ccc(NC(=O)NCc3ccc(Cl)cc3)cc2)CCN1C(=O)O. The lowest BCUT2D eigenvalue weighted by molar-refractivity contribution is -0.133. The van der Waals surface area contributed by atoms with Crippen LogP contribution in [0.1, 0.15) is 18.1 Å². The third-order valence-electron chi connectivity index (χ3n) is 5.16. The number of piperazine rings is 1. The summed E-state index contributed by atoms with van der Waals surface area (Å²) in [6.07, 6.45) is -0.733. The highest BCUT2D eigenvalue weighted by Gasteiger charge is 2.29. The van der Waals surface area contributed by atoms with Crippen molar-refractivity contribution < 1.29 is 19.5 Å². The van der Waals surface area contributed by atoms with Gasteiger partial charge in [-0.3, -0.25) is 4.79 Å². The number of urea groups is 1. The molecule has 0 saturated carbocycles. The van der Waals surface area contributed by atoms with Crippen LogP contribution in [0.2, 0.25) is 5.02 Å². The van der Waals surface area contributed by atoms with E-state index in [0.29, 0.717) is 36.9 Å². The van der Waals surface area contributed by atoms with Gasteiger partial charge in [-0.2, -0.15) is 0 Å². The number of nitrogens with zero attached hydrogens (tertiary/aromatic N) is 2. The quantitative estimate of drug-likeness (QED) is 0.657. The van der Waals surface area contributed by atoms with Gasteiger partial charge in [-0.15, -0.1) is 0 Å². The molecule has 0 aromatic heterocycles. The molecule has 1 aliphatic rings. The van der Waals surface area contributed by atoms with Gasteiger partial charge in [0.05, 0.1) is 6.42 Å². The van der Waals surface area contributed by atoms with E-state index in [1.165, 1.54) is 4.90 Å². The molecule has 0 aliphatic carbocycles.